The van der Waals surface area contributed by atoms with Crippen molar-refractivity contribution in [2.24, 2.45) is 5.73 Å². The average molecular weight is 678 g/mol. The third kappa shape index (κ3) is 7.89. The van der Waals surface area contributed by atoms with Crippen LogP contribution < -0.4 is 11.1 Å². The van der Waals surface area contributed by atoms with Gasteiger partial charge < -0.3 is 25.3 Å². The first-order valence-corrected chi connectivity index (χ1v) is 14.9. The van der Waals surface area contributed by atoms with E-state index in [4.69, 9.17) is 19.9 Å². The molecule has 2 fully saturated rings. The minimum atomic E-state index is -5.05. The van der Waals surface area contributed by atoms with Gasteiger partial charge in [0, 0.05) is 18.7 Å². The van der Waals surface area contributed by atoms with Crippen molar-refractivity contribution in [2.45, 2.75) is 68.2 Å². The van der Waals surface area contributed by atoms with Crippen LogP contribution in [0.2, 0.25) is 0 Å². The largest absolute Gasteiger partial charge is 0.427 e. The van der Waals surface area contributed by atoms with Crippen molar-refractivity contribution < 1.29 is 54.9 Å². The van der Waals surface area contributed by atoms with E-state index in [1.54, 1.807) is 30.3 Å². The summed E-state index contributed by atoms with van der Waals surface area (Å²) in [6, 6.07) is 8.63. The molecule has 0 aromatic heterocycles. The Bertz CT molecular complexity index is 1400. The molecule has 2 aromatic carbocycles. The quantitative estimate of drug-likeness (QED) is 0.142. The summed E-state index contributed by atoms with van der Waals surface area (Å²) in [4.78, 5) is 39.2. The van der Waals surface area contributed by atoms with Crippen molar-refractivity contribution in [1.29, 1.82) is 0 Å². The van der Waals surface area contributed by atoms with Gasteiger partial charge in [0.15, 0.2) is 0 Å². The Kier molecular flexibility index (Phi) is 10.5. The number of thiol groups is 1. The lowest BCUT2D eigenvalue weighted by Gasteiger charge is -2.52. The SMILES string of the molecule is C[C@@H](OC[C@@]1(c2ccccc2)CC[C@]2(CCC(=O)N2)CN1C(=O)OCOC(=O)C(N)CS)c1cc(C(F)(F)F)cc(C(F)(F)F)c1. The van der Waals surface area contributed by atoms with Crippen LogP contribution in [0.1, 0.15) is 61.0 Å². The monoisotopic (exact) mass is 677 g/mol. The third-order valence-electron chi connectivity index (χ3n) is 8.30. The standard InChI is InChI=1S/C30H33F6N3O6S/c1-18(19-11-21(29(31,32)33)13-22(12-19)30(34,35)36)43-16-28(20-5-3-2-4-6-20)10-9-27(8-7-24(40)38-27)15-39(28)26(42)45-17-44-25(41)23(37)14-46/h2-6,11-13,18,23,46H,7-10,14-17,37H2,1H3,(H,38,40)/t18-,23?,27-,28-/m1/s1. The molecule has 2 saturated heterocycles. The smallest absolute Gasteiger partial charge is 0.416 e. The van der Waals surface area contributed by atoms with Crippen LogP contribution >= 0.6 is 12.6 Å². The number of hydrogen-bond donors (Lipinski definition) is 3. The van der Waals surface area contributed by atoms with Gasteiger partial charge in [-0.05, 0) is 55.5 Å². The molecule has 2 aromatic rings. The second kappa shape index (κ2) is 13.7. The molecule has 3 N–H and O–H groups in total. The number of nitrogens with two attached hydrogens (primary N) is 1. The van der Waals surface area contributed by atoms with Crippen molar-refractivity contribution in [3.05, 3.63) is 70.8 Å². The number of alkyl halides is 6. The van der Waals surface area contributed by atoms with Crippen molar-refractivity contribution in [3.63, 3.8) is 0 Å². The molecule has 2 heterocycles. The molecule has 16 heteroatoms. The van der Waals surface area contributed by atoms with Gasteiger partial charge in [0.2, 0.25) is 12.7 Å². The molecule has 4 atom stereocenters. The number of esters is 1. The fourth-order valence-electron chi connectivity index (χ4n) is 5.69. The van der Waals surface area contributed by atoms with Gasteiger partial charge in [-0.15, -0.1) is 0 Å². The minimum Gasteiger partial charge on any atom is -0.427 e. The van der Waals surface area contributed by atoms with Gasteiger partial charge in [-0.2, -0.15) is 39.0 Å². The van der Waals surface area contributed by atoms with Crippen molar-refractivity contribution in [2.75, 3.05) is 25.7 Å². The van der Waals surface area contributed by atoms with Crippen LogP contribution in [-0.4, -0.2) is 60.1 Å². The van der Waals surface area contributed by atoms with Crippen molar-refractivity contribution in [3.8, 4) is 0 Å². The van der Waals surface area contributed by atoms with Gasteiger partial charge in [-0.1, -0.05) is 30.3 Å². The predicted octanol–water partition coefficient (Wildman–Crippen LogP) is 5.34. The summed E-state index contributed by atoms with van der Waals surface area (Å²) in [5, 5.41) is 2.92. The molecule has 2 amide bonds. The van der Waals surface area contributed by atoms with Gasteiger partial charge in [-0.3, -0.25) is 14.5 Å². The van der Waals surface area contributed by atoms with Crippen LogP contribution in [0.15, 0.2) is 48.5 Å². The summed E-state index contributed by atoms with van der Waals surface area (Å²) in [6.45, 7) is 0.0551. The zero-order chi connectivity index (χ0) is 33.9. The summed E-state index contributed by atoms with van der Waals surface area (Å²) >= 11 is 3.92. The normalized spacial score (nSPS) is 23.2. The minimum absolute atomic E-state index is 0.0237. The van der Waals surface area contributed by atoms with Gasteiger partial charge in [0.05, 0.1) is 34.9 Å². The van der Waals surface area contributed by atoms with E-state index in [0.717, 1.165) is 0 Å². The number of piperidine rings is 1. The second-order valence-corrected chi connectivity index (χ2v) is 11.8. The molecule has 0 radical (unpaired) electrons. The number of ether oxygens (including phenoxy) is 3. The number of halogens is 6. The zero-order valence-corrected chi connectivity index (χ0v) is 25.5. The highest BCUT2D eigenvalue weighted by Gasteiger charge is 2.54. The predicted molar refractivity (Wildman–Crippen MR) is 154 cm³/mol. The third-order valence-corrected chi connectivity index (χ3v) is 8.69. The lowest BCUT2D eigenvalue weighted by molar-refractivity contribution is -0.155. The van der Waals surface area contributed by atoms with E-state index < -0.39 is 65.6 Å². The summed E-state index contributed by atoms with van der Waals surface area (Å²) in [5.41, 5.74) is 0.592. The van der Waals surface area contributed by atoms with Crippen molar-refractivity contribution >= 4 is 30.6 Å². The number of nitrogens with one attached hydrogen (secondary N) is 1. The molecule has 46 heavy (non-hydrogen) atoms. The van der Waals surface area contributed by atoms with E-state index in [1.807, 2.05) is 0 Å². The van der Waals surface area contributed by atoms with E-state index >= 15 is 0 Å². The summed E-state index contributed by atoms with van der Waals surface area (Å²) in [7, 11) is 0. The number of amides is 2. The fraction of sp³-hybridized carbons (Fsp3) is 0.500. The van der Waals surface area contributed by atoms with Crippen LogP contribution in [0.3, 0.4) is 0 Å². The number of benzene rings is 2. The van der Waals surface area contributed by atoms with Crippen LogP contribution in [0.25, 0.3) is 0 Å². The lowest BCUT2D eigenvalue weighted by atomic mass is 9.74. The van der Waals surface area contributed by atoms with E-state index in [0.29, 0.717) is 30.5 Å². The van der Waals surface area contributed by atoms with E-state index in [9.17, 15) is 40.7 Å². The Morgan fingerprint density at radius 3 is 2.17 bits per heavy atom. The number of carbonyl (C=O) groups excluding carboxylic acids is 3. The number of likely N-dealkylation sites (tertiary alicyclic amines) is 1. The lowest BCUT2D eigenvalue weighted by Crippen LogP contribution is -2.65. The summed E-state index contributed by atoms with van der Waals surface area (Å²) in [6.07, 6.45) is -11.2. The van der Waals surface area contributed by atoms with Gasteiger partial charge >= 0.3 is 24.4 Å². The molecular weight excluding hydrogens is 644 g/mol. The average Bonchev–Trinajstić information content (AvgIpc) is 3.38. The fourth-order valence-corrected chi connectivity index (χ4v) is 5.83. The van der Waals surface area contributed by atoms with Crippen LogP contribution in [0.4, 0.5) is 31.1 Å². The summed E-state index contributed by atoms with van der Waals surface area (Å²) in [5.74, 6) is -1.11. The second-order valence-electron chi connectivity index (χ2n) is 11.4. The van der Waals surface area contributed by atoms with E-state index in [1.165, 1.54) is 11.8 Å². The highest BCUT2D eigenvalue weighted by molar-refractivity contribution is 7.80. The first-order chi connectivity index (χ1) is 21.5. The molecule has 1 spiro atoms. The first kappa shape index (κ1) is 35.4. The van der Waals surface area contributed by atoms with E-state index in [-0.39, 0.29) is 49.3 Å². The number of hydrogen-bond acceptors (Lipinski definition) is 8. The molecular formula is C30H33F6N3O6S. The Labute approximate surface area is 266 Å². The van der Waals surface area contributed by atoms with Gasteiger partial charge in [-0.25, -0.2) is 4.79 Å². The van der Waals surface area contributed by atoms with Crippen molar-refractivity contribution in [1.82, 2.24) is 10.2 Å². The van der Waals surface area contributed by atoms with Gasteiger partial charge in [0.25, 0.3) is 0 Å². The molecule has 0 aliphatic carbocycles. The first-order valence-electron chi connectivity index (χ1n) is 14.2. The Morgan fingerprint density at radius 1 is 1.00 bits per heavy atom. The Hall–Kier alpha value is -3.50. The molecule has 252 valence electrons. The molecule has 1 unspecified atom stereocenters. The molecule has 2 aliphatic rings. The maximum atomic E-state index is 13.7. The number of nitrogens with zero attached hydrogens (tertiary/aromatic N) is 1. The highest BCUT2D eigenvalue weighted by atomic mass is 32.1. The van der Waals surface area contributed by atoms with Crippen LogP contribution in [0, 0.1) is 0 Å². The van der Waals surface area contributed by atoms with Crippen LogP contribution in [-0.2, 0) is 41.7 Å². The number of carbonyl (C=O) groups is 3. The maximum absolute atomic E-state index is 13.7. The molecule has 9 nitrogen and oxygen atoms in total. The molecule has 0 saturated carbocycles. The van der Waals surface area contributed by atoms with Crippen LogP contribution in [0.5, 0.6) is 0 Å². The highest BCUT2D eigenvalue weighted by Crippen LogP contribution is 2.45. The Balaban J connectivity index is 1.68. The molecule has 0 bridgehead atoms. The molecule has 4 rings (SSSR count). The maximum Gasteiger partial charge on any atom is 0.416 e. The number of rotatable bonds is 9. The topological polar surface area (TPSA) is 120 Å². The Morgan fingerprint density at radius 2 is 1.63 bits per heavy atom. The zero-order valence-electron chi connectivity index (χ0n) is 24.6. The van der Waals surface area contributed by atoms with E-state index in [2.05, 4.69) is 17.9 Å². The molecule has 2 aliphatic heterocycles. The van der Waals surface area contributed by atoms with Gasteiger partial charge in [0.1, 0.15) is 6.04 Å². The summed E-state index contributed by atoms with van der Waals surface area (Å²) < 4.78 is 97.5.